The fraction of sp³-hybridized carbons (Fsp3) is 0.929. The maximum Gasteiger partial charge on any atom is 0.219 e. The second kappa shape index (κ2) is 14.8. The molecule has 0 rings (SSSR count). The van der Waals surface area contributed by atoms with Crippen molar-refractivity contribution in [1.82, 2.24) is 5.32 Å². The topological polar surface area (TPSA) is 38.3 Å². The molecule has 0 saturated heterocycles. The molecule has 108 valence electrons. The molecule has 0 fully saturated rings. The minimum absolute atomic E-state index is 0.169. The van der Waals surface area contributed by atoms with Crippen molar-refractivity contribution in [1.29, 1.82) is 0 Å². The summed E-state index contributed by atoms with van der Waals surface area (Å²) in [6.45, 7) is 4.18. The second-order valence-corrected chi connectivity index (χ2v) is 4.90. The highest BCUT2D eigenvalue weighted by Gasteiger charge is 2.00. The third-order valence-corrected chi connectivity index (χ3v) is 2.92. The molecule has 0 radical (unpaired) electrons. The van der Waals surface area contributed by atoms with Crippen molar-refractivity contribution in [3.8, 4) is 0 Å². The number of ether oxygens (including phenoxy) is 1. The first kappa shape index (κ1) is 17.7. The summed E-state index contributed by atoms with van der Waals surface area (Å²) in [5.41, 5.74) is 0. The summed E-state index contributed by atoms with van der Waals surface area (Å²) in [6.07, 6.45) is 8.85. The zero-order valence-corrected chi connectivity index (χ0v) is 12.4. The number of carbonyl (C=O) groups is 1. The van der Waals surface area contributed by atoms with Crippen LogP contribution in [0.1, 0.15) is 58.3 Å². The Kier molecular flexibility index (Phi) is 14.5. The molecule has 3 nitrogen and oxygen atoms in total. The van der Waals surface area contributed by atoms with Gasteiger partial charge in [0, 0.05) is 25.5 Å². The number of rotatable bonds is 13. The van der Waals surface area contributed by atoms with E-state index in [-0.39, 0.29) is 5.91 Å². The van der Waals surface area contributed by atoms with Crippen LogP contribution < -0.4 is 5.32 Å². The third kappa shape index (κ3) is 13.8. The molecule has 0 saturated carbocycles. The Morgan fingerprint density at radius 3 is 2.50 bits per heavy atom. The molecule has 0 aromatic carbocycles. The van der Waals surface area contributed by atoms with Crippen molar-refractivity contribution in [2.24, 2.45) is 0 Å². The normalized spacial score (nSPS) is 10.6. The van der Waals surface area contributed by atoms with Crippen molar-refractivity contribution >= 4 is 17.5 Å². The van der Waals surface area contributed by atoms with Crippen LogP contribution in [-0.4, -0.2) is 31.5 Å². The average Bonchev–Trinajstić information content (AvgIpc) is 2.38. The van der Waals surface area contributed by atoms with Gasteiger partial charge in [-0.3, -0.25) is 4.79 Å². The largest absolute Gasteiger partial charge is 0.380 e. The number of nitrogens with one attached hydrogen (secondary N) is 1. The third-order valence-electron chi connectivity index (χ3n) is 2.77. The highest BCUT2D eigenvalue weighted by Crippen LogP contribution is 2.06. The minimum Gasteiger partial charge on any atom is -0.380 e. The van der Waals surface area contributed by atoms with Gasteiger partial charge in [0.15, 0.2) is 0 Å². The van der Waals surface area contributed by atoms with Gasteiger partial charge in [0.1, 0.15) is 0 Å². The molecule has 1 N–H and O–H groups in total. The molecule has 1 amide bonds. The molecule has 0 spiro atoms. The summed E-state index contributed by atoms with van der Waals surface area (Å²) < 4.78 is 5.22. The van der Waals surface area contributed by atoms with Gasteiger partial charge < -0.3 is 10.1 Å². The van der Waals surface area contributed by atoms with E-state index in [1.54, 1.807) is 0 Å². The van der Waals surface area contributed by atoms with Gasteiger partial charge in [-0.15, -0.1) is 11.6 Å². The van der Waals surface area contributed by atoms with Gasteiger partial charge in [0.2, 0.25) is 5.91 Å². The van der Waals surface area contributed by atoms with Crippen LogP contribution in [0.25, 0.3) is 0 Å². The number of alkyl halides is 1. The van der Waals surface area contributed by atoms with E-state index in [2.05, 4.69) is 12.2 Å². The molecule has 0 aromatic rings. The Bertz CT molecular complexity index is 171. The highest BCUT2D eigenvalue weighted by molar-refractivity contribution is 6.17. The summed E-state index contributed by atoms with van der Waals surface area (Å²) in [5, 5.41) is 2.91. The molecule has 0 aliphatic heterocycles. The van der Waals surface area contributed by atoms with Crippen molar-refractivity contribution in [3.05, 3.63) is 0 Å². The van der Waals surface area contributed by atoms with Crippen LogP contribution in [-0.2, 0) is 9.53 Å². The molecular formula is C14H28ClNO2. The van der Waals surface area contributed by atoms with Crippen molar-refractivity contribution in [2.75, 3.05) is 25.6 Å². The van der Waals surface area contributed by atoms with Gasteiger partial charge in [0.05, 0.1) is 6.61 Å². The van der Waals surface area contributed by atoms with Crippen LogP contribution in [0.3, 0.4) is 0 Å². The number of amides is 1. The number of hydrogen-bond donors (Lipinski definition) is 1. The Hall–Kier alpha value is -0.280. The number of hydrogen-bond acceptors (Lipinski definition) is 2. The number of unbranched alkanes of at least 4 members (excludes halogenated alkanes) is 5. The lowest BCUT2D eigenvalue weighted by molar-refractivity contribution is -0.121. The molecule has 18 heavy (non-hydrogen) atoms. The SMILES string of the molecule is CCCCCCCCC(=O)NCCCOCCCl. The molecule has 0 aliphatic carbocycles. The zero-order chi connectivity index (χ0) is 13.5. The summed E-state index contributed by atoms with van der Waals surface area (Å²) >= 11 is 5.47. The number of carbonyl (C=O) groups excluding carboxylic acids is 1. The van der Waals surface area contributed by atoms with Gasteiger partial charge in [-0.2, -0.15) is 0 Å². The van der Waals surface area contributed by atoms with Crippen LogP contribution in [0.2, 0.25) is 0 Å². The molecule has 0 aliphatic rings. The monoisotopic (exact) mass is 277 g/mol. The van der Waals surface area contributed by atoms with Crippen LogP contribution in [0.15, 0.2) is 0 Å². The van der Waals surface area contributed by atoms with E-state index in [4.69, 9.17) is 16.3 Å². The van der Waals surface area contributed by atoms with Gasteiger partial charge in [-0.25, -0.2) is 0 Å². The highest BCUT2D eigenvalue weighted by atomic mass is 35.5. The maximum atomic E-state index is 11.4. The van der Waals surface area contributed by atoms with Crippen LogP contribution in [0.5, 0.6) is 0 Å². The van der Waals surface area contributed by atoms with E-state index >= 15 is 0 Å². The van der Waals surface area contributed by atoms with E-state index in [1.807, 2.05) is 0 Å². The van der Waals surface area contributed by atoms with Gasteiger partial charge in [0.25, 0.3) is 0 Å². The lowest BCUT2D eigenvalue weighted by Crippen LogP contribution is -2.24. The quantitative estimate of drug-likeness (QED) is 0.413. The predicted octanol–water partition coefficient (Wildman–Crippen LogP) is 3.50. The fourth-order valence-corrected chi connectivity index (χ4v) is 1.82. The van der Waals surface area contributed by atoms with E-state index in [1.165, 1.54) is 32.1 Å². The molecule has 0 heterocycles. The van der Waals surface area contributed by atoms with Crippen LogP contribution in [0, 0.1) is 0 Å². The lowest BCUT2D eigenvalue weighted by Gasteiger charge is -2.05. The van der Waals surface area contributed by atoms with E-state index in [0.717, 1.165) is 12.8 Å². The maximum absolute atomic E-state index is 11.4. The summed E-state index contributed by atoms with van der Waals surface area (Å²) in [4.78, 5) is 11.4. The molecule has 0 bridgehead atoms. The minimum atomic E-state index is 0.169. The average molecular weight is 278 g/mol. The van der Waals surface area contributed by atoms with Crippen LogP contribution in [0.4, 0.5) is 0 Å². The first-order valence-corrected chi connectivity index (χ1v) is 7.75. The van der Waals surface area contributed by atoms with Gasteiger partial charge in [-0.1, -0.05) is 39.0 Å². The van der Waals surface area contributed by atoms with E-state index in [0.29, 0.717) is 32.1 Å². The first-order chi connectivity index (χ1) is 8.81. The Morgan fingerprint density at radius 2 is 1.78 bits per heavy atom. The van der Waals surface area contributed by atoms with Crippen molar-refractivity contribution in [3.63, 3.8) is 0 Å². The molecule has 0 aromatic heterocycles. The van der Waals surface area contributed by atoms with Crippen molar-refractivity contribution < 1.29 is 9.53 Å². The Balaban J connectivity index is 3.12. The predicted molar refractivity (Wildman–Crippen MR) is 77.2 cm³/mol. The zero-order valence-electron chi connectivity index (χ0n) is 11.7. The van der Waals surface area contributed by atoms with Gasteiger partial charge in [-0.05, 0) is 12.8 Å². The standard InChI is InChI=1S/C14H28ClNO2/c1-2-3-4-5-6-7-9-14(17)16-11-8-12-18-13-10-15/h2-13H2,1H3,(H,16,17). The first-order valence-electron chi connectivity index (χ1n) is 7.21. The fourth-order valence-electron chi connectivity index (χ4n) is 1.71. The van der Waals surface area contributed by atoms with E-state index < -0.39 is 0 Å². The summed E-state index contributed by atoms with van der Waals surface area (Å²) in [7, 11) is 0. The molecule has 0 atom stereocenters. The smallest absolute Gasteiger partial charge is 0.219 e. The van der Waals surface area contributed by atoms with Crippen LogP contribution >= 0.6 is 11.6 Å². The second-order valence-electron chi connectivity index (χ2n) is 4.52. The molecule has 0 unspecified atom stereocenters. The van der Waals surface area contributed by atoms with Gasteiger partial charge >= 0.3 is 0 Å². The molecule has 4 heteroatoms. The summed E-state index contributed by atoms with van der Waals surface area (Å²) in [6, 6.07) is 0. The lowest BCUT2D eigenvalue weighted by atomic mass is 10.1. The summed E-state index contributed by atoms with van der Waals surface area (Å²) in [5.74, 6) is 0.701. The Labute approximate surface area is 117 Å². The Morgan fingerprint density at radius 1 is 1.06 bits per heavy atom. The van der Waals surface area contributed by atoms with E-state index in [9.17, 15) is 4.79 Å². The van der Waals surface area contributed by atoms with Crippen molar-refractivity contribution in [2.45, 2.75) is 58.3 Å². The molecular weight excluding hydrogens is 250 g/mol. The number of halogens is 1.